The Morgan fingerprint density at radius 1 is 0.765 bits per heavy atom. The van der Waals surface area contributed by atoms with Crippen LogP contribution in [-0.2, 0) is 0 Å². The van der Waals surface area contributed by atoms with Crippen molar-refractivity contribution in [2.45, 2.75) is 0 Å². The summed E-state index contributed by atoms with van der Waals surface area (Å²) in [6, 6.07) is 8.19. The first-order chi connectivity index (χ1) is 7.27. The SMILES string of the molecule is C[P+]1(C)c2ccccc2[P+](C)(C)[Si-2]1(Cl)(Cl)(Cl)Cl. The second kappa shape index (κ2) is 3.20. The first-order valence-corrected chi connectivity index (χ1v) is 19.4. The van der Waals surface area contributed by atoms with Gasteiger partial charge in [-0.1, -0.05) is 0 Å². The average molecular weight is 368 g/mol. The summed E-state index contributed by atoms with van der Waals surface area (Å²) in [4.78, 5) is 0. The zero-order valence-electron chi connectivity index (χ0n) is 10.2. The van der Waals surface area contributed by atoms with Gasteiger partial charge in [0.25, 0.3) is 0 Å². The van der Waals surface area contributed by atoms with Crippen molar-refractivity contribution in [1.82, 2.24) is 0 Å². The van der Waals surface area contributed by atoms with Crippen molar-refractivity contribution in [3.63, 3.8) is 0 Å². The van der Waals surface area contributed by atoms with E-state index in [4.69, 9.17) is 44.3 Å². The summed E-state index contributed by atoms with van der Waals surface area (Å²) in [5.74, 6) is 0. The third kappa shape index (κ3) is 1.41. The topological polar surface area (TPSA) is 0 Å². The minimum atomic E-state index is -4.62. The van der Waals surface area contributed by atoms with Gasteiger partial charge in [0.1, 0.15) is 0 Å². The van der Waals surface area contributed by atoms with Crippen molar-refractivity contribution < 1.29 is 0 Å². The molecular formula is C10H16Cl4P2Si. The van der Waals surface area contributed by atoms with Gasteiger partial charge in [0.05, 0.1) is 0 Å². The van der Waals surface area contributed by atoms with E-state index in [0.29, 0.717) is 0 Å². The van der Waals surface area contributed by atoms with Gasteiger partial charge in [0.15, 0.2) is 0 Å². The van der Waals surface area contributed by atoms with Crippen LogP contribution in [0.3, 0.4) is 0 Å². The Morgan fingerprint density at radius 2 is 1.06 bits per heavy atom. The average Bonchev–Trinajstić information content (AvgIpc) is 2.21. The van der Waals surface area contributed by atoms with Crippen molar-refractivity contribution >= 4 is 71.7 Å². The van der Waals surface area contributed by atoms with Crippen LogP contribution in [0.15, 0.2) is 24.3 Å². The van der Waals surface area contributed by atoms with E-state index in [1.807, 2.05) is 12.1 Å². The van der Waals surface area contributed by atoms with Crippen molar-refractivity contribution in [1.29, 1.82) is 0 Å². The second-order valence-corrected chi connectivity index (χ2v) is 50.4. The van der Waals surface area contributed by atoms with E-state index in [0.717, 1.165) is 0 Å². The van der Waals surface area contributed by atoms with Crippen molar-refractivity contribution in [3.8, 4) is 0 Å². The van der Waals surface area contributed by atoms with Crippen LogP contribution >= 0.6 is 57.9 Å². The molecule has 2 rings (SSSR count). The van der Waals surface area contributed by atoms with Gasteiger partial charge in [-0.2, -0.15) is 0 Å². The molecule has 7 heteroatoms. The van der Waals surface area contributed by atoms with Gasteiger partial charge in [0.2, 0.25) is 0 Å². The molecule has 0 aliphatic carbocycles. The van der Waals surface area contributed by atoms with Crippen molar-refractivity contribution in [2.24, 2.45) is 0 Å². The minimum absolute atomic E-state index is 1.21. The summed E-state index contributed by atoms with van der Waals surface area (Å²) in [6.45, 7) is 4.37. The van der Waals surface area contributed by atoms with Gasteiger partial charge < -0.3 is 0 Å². The maximum atomic E-state index is 6.88. The second-order valence-electron chi connectivity index (χ2n) is 5.60. The molecule has 1 heterocycles. The Bertz CT molecular complexity index is 476. The van der Waals surface area contributed by atoms with E-state index in [9.17, 15) is 0 Å². The Hall–Kier alpha value is 1.46. The molecule has 0 spiro atoms. The third-order valence-electron chi connectivity index (χ3n) is 4.28. The van der Waals surface area contributed by atoms with Crippen LogP contribution in [-0.4, -0.2) is 29.9 Å². The van der Waals surface area contributed by atoms with E-state index >= 15 is 0 Å². The van der Waals surface area contributed by atoms with Crippen LogP contribution in [0.4, 0.5) is 0 Å². The van der Waals surface area contributed by atoms with Gasteiger partial charge in [-0.05, 0) is 0 Å². The molecule has 0 bridgehead atoms. The van der Waals surface area contributed by atoms with Gasteiger partial charge in [0, 0.05) is 0 Å². The molecule has 0 atom stereocenters. The molecule has 17 heavy (non-hydrogen) atoms. The molecule has 1 aliphatic heterocycles. The molecular weight excluding hydrogens is 352 g/mol. The number of halogens is 4. The first-order valence-electron chi connectivity index (χ1n) is 5.27. The molecule has 1 aromatic rings. The molecule has 0 nitrogen and oxygen atoms in total. The van der Waals surface area contributed by atoms with E-state index in [1.165, 1.54) is 10.6 Å². The van der Waals surface area contributed by atoms with E-state index in [-0.39, 0.29) is 0 Å². The van der Waals surface area contributed by atoms with E-state index in [2.05, 4.69) is 38.8 Å². The number of fused-ring (bicyclic) bond motifs is 1. The van der Waals surface area contributed by atoms with Gasteiger partial charge >= 0.3 is 123 Å². The van der Waals surface area contributed by atoms with Gasteiger partial charge in [-0.3, -0.25) is 0 Å². The molecule has 0 aromatic heterocycles. The number of hydrogen-bond acceptors (Lipinski definition) is 0. The van der Waals surface area contributed by atoms with Crippen LogP contribution in [0, 0.1) is 0 Å². The summed E-state index contributed by atoms with van der Waals surface area (Å²) in [5, 5.41) is 2.41. The fraction of sp³-hybridized carbons (Fsp3) is 0.400. The van der Waals surface area contributed by atoms with Crippen LogP contribution in [0.2, 0.25) is 0 Å². The van der Waals surface area contributed by atoms with Crippen LogP contribution in [0.25, 0.3) is 0 Å². The molecule has 1 aliphatic rings. The molecule has 0 saturated carbocycles. The molecule has 0 N–H and O–H groups in total. The monoisotopic (exact) mass is 366 g/mol. The summed E-state index contributed by atoms with van der Waals surface area (Å²) in [5.41, 5.74) is 0. The van der Waals surface area contributed by atoms with Crippen LogP contribution < -0.4 is 10.6 Å². The number of rotatable bonds is 0. The van der Waals surface area contributed by atoms with E-state index in [1.54, 1.807) is 0 Å². The number of benzene rings is 1. The first kappa shape index (κ1) is 14.9. The van der Waals surface area contributed by atoms with Crippen LogP contribution in [0.5, 0.6) is 0 Å². The van der Waals surface area contributed by atoms with Crippen LogP contribution in [0.1, 0.15) is 0 Å². The predicted octanol–water partition coefficient (Wildman–Crippen LogP) is 4.80. The summed E-state index contributed by atoms with van der Waals surface area (Å²) < 4.78 is -4.62. The van der Waals surface area contributed by atoms with Crippen molar-refractivity contribution in [2.75, 3.05) is 26.7 Å². The fourth-order valence-corrected chi connectivity index (χ4v) is 36.5. The Labute approximate surface area is 122 Å². The zero-order chi connectivity index (χ0) is 13.4. The molecule has 98 valence electrons. The standard InChI is InChI=1S/C10H16Cl4P2Si/c1-15(2)9-7-5-6-8-10(9)16(3,4)17(15,11,12,13)14/h5-8H,1-4H3. The summed E-state index contributed by atoms with van der Waals surface area (Å²) >= 11 is 27.5. The fourth-order valence-electron chi connectivity index (χ4n) is 2.51. The molecule has 0 unspecified atom stereocenters. The zero-order valence-corrected chi connectivity index (χ0v) is 16.0. The summed E-state index contributed by atoms with van der Waals surface area (Å²) in [6.07, 6.45) is 0. The van der Waals surface area contributed by atoms with Crippen molar-refractivity contribution in [3.05, 3.63) is 24.3 Å². The molecule has 0 amide bonds. The normalized spacial score (nSPS) is 33.6. The molecule has 0 fully saturated rings. The summed E-state index contributed by atoms with van der Waals surface area (Å²) in [7, 11) is 0. The molecule has 0 radical (unpaired) electrons. The Balaban J connectivity index is 3.00. The quantitative estimate of drug-likeness (QED) is 0.351. The number of hydrogen-bond donors (Lipinski definition) is 0. The molecule has 0 saturated heterocycles. The van der Waals surface area contributed by atoms with E-state index < -0.39 is 16.8 Å². The van der Waals surface area contributed by atoms with Gasteiger partial charge in [-0.25, -0.2) is 0 Å². The predicted molar refractivity (Wildman–Crippen MR) is 92.4 cm³/mol. The Kier molecular flexibility index (Phi) is 2.79. The molecule has 1 aromatic carbocycles. The maximum absolute atomic E-state index is 6.88. The third-order valence-corrected chi connectivity index (χ3v) is 66.0. The Morgan fingerprint density at radius 3 is 1.35 bits per heavy atom. The van der Waals surface area contributed by atoms with Gasteiger partial charge in [-0.15, -0.1) is 0 Å².